The summed E-state index contributed by atoms with van der Waals surface area (Å²) in [7, 11) is 3.10. The SMILES string of the molecule is CN(C)C(=O)NCC(=O)N1CCN(CC(F)(F)F)CC1. The topological polar surface area (TPSA) is 55.9 Å². The van der Waals surface area contributed by atoms with Crippen LogP contribution >= 0.6 is 0 Å². The zero-order valence-corrected chi connectivity index (χ0v) is 11.5. The largest absolute Gasteiger partial charge is 0.401 e. The predicted molar refractivity (Wildman–Crippen MR) is 66.2 cm³/mol. The normalized spacial score (nSPS) is 16.9. The third-order valence-electron chi connectivity index (χ3n) is 2.92. The molecule has 1 N–H and O–H groups in total. The summed E-state index contributed by atoms with van der Waals surface area (Å²) in [5, 5.41) is 2.43. The molecule has 0 aromatic rings. The summed E-state index contributed by atoms with van der Waals surface area (Å²) in [6.45, 7) is -0.234. The number of amides is 3. The second-order valence-electron chi connectivity index (χ2n) is 4.83. The van der Waals surface area contributed by atoms with Gasteiger partial charge in [-0.3, -0.25) is 9.69 Å². The number of piperazine rings is 1. The Kier molecular flexibility index (Phi) is 5.61. The minimum atomic E-state index is -4.22. The fraction of sp³-hybridized carbons (Fsp3) is 0.818. The van der Waals surface area contributed by atoms with Crippen molar-refractivity contribution in [3.63, 3.8) is 0 Å². The molecule has 0 aromatic carbocycles. The minimum absolute atomic E-state index is 0.143. The van der Waals surface area contributed by atoms with Gasteiger partial charge in [-0.15, -0.1) is 0 Å². The van der Waals surface area contributed by atoms with Gasteiger partial charge in [0.15, 0.2) is 0 Å². The van der Waals surface area contributed by atoms with Crippen LogP contribution in [0.2, 0.25) is 0 Å². The first-order chi connectivity index (χ1) is 9.19. The summed E-state index contributed by atoms with van der Waals surface area (Å²) in [4.78, 5) is 27.0. The Balaban J connectivity index is 2.30. The molecule has 1 heterocycles. The van der Waals surface area contributed by atoms with E-state index in [9.17, 15) is 22.8 Å². The van der Waals surface area contributed by atoms with Gasteiger partial charge in [-0.1, -0.05) is 0 Å². The van der Waals surface area contributed by atoms with E-state index in [1.54, 1.807) is 14.1 Å². The summed E-state index contributed by atoms with van der Waals surface area (Å²) < 4.78 is 36.6. The first kappa shape index (κ1) is 16.5. The Labute approximate surface area is 115 Å². The molecule has 0 atom stereocenters. The number of rotatable bonds is 3. The Morgan fingerprint density at radius 1 is 1.15 bits per heavy atom. The van der Waals surface area contributed by atoms with Crippen LogP contribution in [0.25, 0.3) is 0 Å². The first-order valence-electron chi connectivity index (χ1n) is 6.21. The molecule has 0 radical (unpaired) electrons. The van der Waals surface area contributed by atoms with Gasteiger partial charge in [-0.2, -0.15) is 13.2 Å². The van der Waals surface area contributed by atoms with Crippen molar-refractivity contribution in [1.82, 2.24) is 20.0 Å². The number of alkyl halides is 3. The van der Waals surface area contributed by atoms with Gasteiger partial charge in [0.2, 0.25) is 5.91 Å². The van der Waals surface area contributed by atoms with Crippen molar-refractivity contribution >= 4 is 11.9 Å². The van der Waals surface area contributed by atoms with Gasteiger partial charge in [0.25, 0.3) is 0 Å². The highest BCUT2D eigenvalue weighted by Gasteiger charge is 2.32. The van der Waals surface area contributed by atoms with Crippen LogP contribution in [0.4, 0.5) is 18.0 Å². The molecule has 0 aromatic heterocycles. The van der Waals surface area contributed by atoms with Crippen molar-refractivity contribution in [1.29, 1.82) is 0 Å². The highest BCUT2D eigenvalue weighted by Crippen LogP contribution is 2.17. The molecule has 1 aliphatic rings. The van der Waals surface area contributed by atoms with Crippen LogP contribution in [0, 0.1) is 0 Å². The van der Waals surface area contributed by atoms with Crippen molar-refractivity contribution < 1.29 is 22.8 Å². The lowest BCUT2D eigenvalue weighted by Crippen LogP contribution is -2.53. The van der Waals surface area contributed by atoms with Crippen molar-refractivity contribution in [2.24, 2.45) is 0 Å². The molecule has 0 aliphatic carbocycles. The summed E-state index contributed by atoms with van der Waals surface area (Å²) in [6.07, 6.45) is -4.22. The Morgan fingerprint density at radius 3 is 2.15 bits per heavy atom. The molecule has 0 spiro atoms. The van der Waals surface area contributed by atoms with Crippen LogP contribution in [0.3, 0.4) is 0 Å². The van der Waals surface area contributed by atoms with Crippen molar-refractivity contribution in [2.75, 3.05) is 53.4 Å². The number of carbonyl (C=O) groups excluding carboxylic acids is 2. The number of urea groups is 1. The van der Waals surface area contributed by atoms with E-state index in [1.807, 2.05) is 0 Å². The summed E-state index contributed by atoms with van der Waals surface area (Å²) in [6, 6.07) is -0.381. The highest BCUT2D eigenvalue weighted by molar-refractivity contribution is 5.83. The zero-order valence-electron chi connectivity index (χ0n) is 11.5. The van der Waals surface area contributed by atoms with Gasteiger partial charge in [0.05, 0.1) is 13.1 Å². The Bertz CT molecular complexity index is 352. The molecule has 0 unspecified atom stereocenters. The van der Waals surface area contributed by atoms with Crippen LogP contribution < -0.4 is 5.32 Å². The van der Waals surface area contributed by atoms with Crippen LogP contribution in [0.15, 0.2) is 0 Å². The number of nitrogens with one attached hydrogen (secondary N) is 1. The molecule has 1 aliphatic heterocycles. The molecule has 1 rings (SSSR count). The maximum absolute atomic E-state index is 12.2. The van der Waals surface area contributed by atoms with E-state index >= 15 is 0 Å². The Hall–Kier alpha value is -1.51. The first-order valence-corrected chi connectivity index (χ1v) is 6.21. The number of hydrogen-bond acceptors (Lipinski definition) is 3. The van der Waals surface area contributed by atoms with E-state index in [1.165, 1.54) is 14.7 Å². The second kappa shape index (κ2) is 6.78. The third kappa shape index (κ3) is 5.64. The van der Waals surface area contributed by atoms with Gasteiger partial charge in [-0.05, 0) is 0 Å². The average molecular weight is 296 g/mol. The van der Waals surface area contributed by atoms with Crippen molar-refractivity contribution in [3.8, 4) is 0 Å². The molecule has 0 saturated carbocycles. The number of nitrogens with zero attached hydrogens (tertiary/aromatic N) is 3. The third-order valence-corrected chi connectivity index (χ3v) is 2.92. The van der Waals surface area contributed by atoms with E-state index in [0.29, 0.717) is 0 Å². The lowest BCUT2D eigenvalue weighted by molar-refractivity contribution is -0.151. The van der Waals surface area contributed by atoms with E-state index in [4.69, 9.17) is 0 Å². The molecule has 116 valence electrons. The second-order valence-corrected chi connectivity index (χ2v) is 4.83. The van der Waals surface area contributed by atoms with Gasteiger partial charge >= 0.3 is 12.2 Å². The van der Waals surface area contributed by atoms with Gasteiger partial charge < -0.3 is 15.1 Å². The fourth-order valence-corrected chi connectivity index (χ4v) is 1.83. The maximum atomic E-state index is 12.2. The number of halogens is 3. The number of carbonyl (C=O) groups is 2. The van der Waals surface area contributed by atoms with E-state index in [0.717, 1.165) is 0 Å². The summed E-state index contributed by atoms with van der Waals surface area (Å²) in [5.74, 6) is -0.285. The van der Waals surface area contributed by atoms with E-state index in [-0.39, 0.29) is 44.7 Å². The predicted octanol–water partition coefficient (Wildman–Crippen LogP) is -0.0359. The van der Waals surface area contributed by atoms with Gasteiger partial charge in [0, 0.05) is 40.3 Å². The highest BCUT2D eigenvalue weighted by atomic mass is 19.4. The molecule has 6 nitrogen and oxygen atoms in total. The van der Waals surface area contributed by atoms with E-state index < -0.39 is 12.7 Å². The molecular weight excluding hydrogens is 277 g/mol. The monoisotopic (exact) mass is 296 g/mol. The lowest BCUT2D eigenvalue weighted by Gasteiger charge is -2.35. The molecule has 1 saturated heterocycles. The standard InChI is InChI=1S/C11H19F3N4O2/c1-16(2)10(20)15-7-9(19)18-5-3-17(4-6-18)8-11(12,13)14/h3-8H2,1-2H3,(H,15,20). The van der Waals surface area contributed by atoms with Crippen LogP contribution in [-0.2, 0) is 4.79 Å². The quantitative estimate of drug-likeness (QED) is 0.795. The average Bonchev–Trinajstić information content (AvgIpc) is 2.34. The van der Waals surface area contributed by atoms with E-state index in [2.05, 4.69) is 5.32 Å². The molecule has 20 heavy (non-hydrogen) atoms. The maximum Gasteiger partial charge on any atom is 0.401 e. The number of hydrogen-bond donors (Lipinski definition) is 1. The lowest BCUT2D eigenvalue weighted by atomic mass is 10.3. The molecule has 3 amide bonds. The minimum Gasteiger partial charge on any atom is -0.339 e. The molecular formula is C11H19F3N4O2. The Morgan fingerprint density at radius 2 is 1.70 bits per heavy atom. The zero-order chi connectivity index (χ0) is 15.3. The molecule has 1 fully saturated rings. The van der Waals surface area contributed by atoms with Crippen LogP contribution in [0.1, 0.15) is 0 Å². The van der Waals surface area contributed by atoms with Crippen LogP contribution in [-0.4, -0.2) is 86.2 Å². The van der Waals surface area contributed by atoms with Crippen molar-refractivity contribution in [2.45, 2.75) is 6.18 Å². The smallest absolute Gasteiger partial charge is 0.339 e. The summed E-state index contributed by atoms with van der Waals surface area (Å²) >= 11 is 0. The fourth-order valence-electron chi connectivity index (χ4n) is 1.83. The van der Waals surface area contributed by atoms with Crippen molar-refractivity contribution in [3.05, 3.63) is 0 Å². The van der Waals surface area contributed by atoms with Gasteiger partial charge in [-0.25, -0.2) is 4.79 Å². The van der Waals surface area contributed by atoms with Gasteiger partial charge in [0.1, 0.15) is 0 Å². The molecule has 9 heteroatoms. The summed E-state index contributed by atoms with van der Waals surface area (Å²) in [5.41, 5.74) is 0. The molecule has 0 bridgehead atoms. The van der Waals surface area contributed by atoms with Crippen LogP contribution in [0.5, 0.6) is 0 Å².